The summed E-state index contributed by atoms with van der Waals surface area (Å²) in [6.45, 7) is 5.89. The molecule has 1 aliphatic heterocycles. The van der Waals surface area contributed by atoms with E-state index in [4.69, 9.17) is 4.74 Å². The van der Waals surface area contributed by atoms with E-state index in [9.17, 15) is 13.5 Å². The topological polar surface area (TPSA) is 82.1 Å². The van der Waals surface area contributed by atoms with Crippen LogP contribution in [0.5, 0.6) is 0 Å². The van der Waals surface area contributed by atoms with Crippen LogP contribution in [-0.2, 0) is 23.5 Å². The van der Waals surface area contributed by atoms with Crippen molar-refractivity contribution in [2.75, 3.05) is 0 Å². The van der Waals surface area contributed by atoms with E-state index in [1.54, 1.807) is 0 Å². The number of hydrogen-bond acceptors (Lipinski definition) is 6. The predicted molar refractivity (Wildman–Crippen MR) is 102 cm³/mol. The molecule has 1 rings (SSSR count). The third kappa shape index (κ3) is 9.65. The molecule has 26 heavy (non-hydrogen) atoms. The molecule has 0 aromatic rings. The highest BCUT2D eigenvalue weighted by atomic mass is 32.3. The average Bonchev–Trinajstić information content (AvgIpc) is 2.52. The van der Waals surface area contributed by atoms with Crippen LogP contribution in [0.1, 0.15) is 104 Å². The van der Waals surface area contributed by atoms with Gasteiger partial charge in [0.25, 0.3) is 0 Å². The summed E-state index contributed by atoms with van der Waals surface area (Å²) in [5.74, 6) is -2.17. The maximum absolute atomic E-state index is 11.0. The van der Waals surface area contributed by atoms with Crippen LogP contribution in [0.3, 0.4) is 0 Å². The summed E-state index contributed by atoms with van der Waals surface area (Å²) >= 11 is 0. The Morgan fingerprint density at radius 1 is 0.846 bits per heavy atom. The summed E-state index contributed by atoms with van der Waals surface area (Å²) in [5, 5.41) is 10.1. The quantitative estimate of drug-likeness (QED) is 0.378. The van der Waals surface area contributed by atoms with Gasteiger partial charge < -0.3 is 9.84 Å². The molecule has 0 aliphatic carbocycles. The van der Waals surface area contributed by atoms with Crippen molar-refractivity contribution >= 4 is 10.4 Å². The zero-order valence-corrected chi connectivity index (χ0v) is 17.6. The van der Waals surface area contributed by atoms with Crippen molar-refractivity contribution in [3.05, 3.63) is 0 Å². The Bertz CT molecular complexity index is 451. The van der Waals surface area contributed by atoms with Crippen LogP contribution in [0.2, 0.25) is 0 Å². The third-order valence-corrected chi connectivity index (χ3v) is 5.49. The van der Waals surface area contributed by atoms with Crippen molar-refractivity contribution in [2.45, 2.75) is 122 Å². The zero-order valence-electron chi connectivity index (χ0n) is 16.7. The van der Waals surface area contributed by atoms with Crippen LogP contribution in [0.25, 0.3) is 0 Å². The van der Waals surface area contributed by atoms with Gasteiger partial charge in [0, 0.05) is 0 Å². The molecular weight excluding hydrogens is 356 g/mol. The molecule has 0 spiro atoms. The van der Waals surface area contributed by atoms with Gasteiger partial charge in [0.05, 0.1) is 6.10 Å². The molecule has 1 unspecified atom stereocenters. The SMILES string of the molecule is CCCCCCCCCCCCCCC(OC(C)C)C1(O)OS(=O)(=O)O1. The van der Waals surface area contributed by atoms with Crippen LogP contribution >= 0.6 is 0 Å². The third-order valence-electron chi connectivity index (χ3n) is 4.61. The van der Waals surface area contributed by atoms with E-state index in [0.29, 0.717) is 6.42 Å². The maximum Gasteiger partial charge on any atom is 0.409 e. The van der Waals surface area contributed by atoms with Gasteiger partial charge in [-0.25, -0.2) is 0 Å². The molecule has 1 fully saturated rings. The van der Waals surface area contributed by atoms with Crippen molar-refractivity contribution in [3.8, 4) is 0 Å². The number of aliphatic hydroxyl groups is 1. The molecule has 0 saturated carbocycles. The standard InChI is InChI=1S/C19H38O6S/c1-4-5-6-7-8-9-10-11-12-13-14-15-16-18(23-17(2)3)19(20)24-26(21,22)25-19/h17-18,20H,4-16H2,1-3H3. The van der Waals surface area contributed by atoms with Crippen LogP contribution < -0.4 is 0 Å². The molecule has 1 atom stereocenters. The molecule has 1 N–H and O–H groups in total. The fraction of sp³-hybridized carbons (Fsp3) is 1.00. The lowest BCUT2D eigenvalue weighted by Gasteiger charge is -2.39. The van der Waals surface area contributed by atoms with Gasteiger partial charge in [0.1, 0.15) is 6.10 Å². The molecule has 1 aliphatic rings. The fourth-order valence-corrected chi connectivity index (χ4v) is 4.05. The van der Waals surface area contributed by atoms with Gasteiger partial charge in [-0.15, -0.1) is 0 Å². The smallest absolute Gasteiger partial charge is 0.367 e. The van der Waals surface area contributed by atoms with Gasteiger partial charge in [-0.1, -0.05) is 84.0 Å². The minimum atomic E-state index is -4.06. The van der Waals surface area contributed by atoms with Crippen LogP contribution in [0, 0.1) is 0 Å². The lowest BCUT2D eigenvalue weighted by atomic mass is 10.0. The molecule has 1 saturated heterocycles. The van der Waals surface area contributed by atoms with Crippen molar-refractivity contribution in [2.24, 2.45) is 0 Å². The first kappa shape index (κ1) is 23.8. The van der Waals surface area contributed by atoms with Gasteiger partial charge in [-0.3, -0.25) is 0 Å². The van der Waals surface area contributed by atoms with Crippen molar-refractivity contribution in [1.82, 2.24) is 0 Å². The highest BCUT2D eigenvalue weighted by molar-refractivity contribution is 7.82. The van der Waals surface area contributed by atoms with E-state index < -0.39 is 22.5 Å². The average molecular weight is 395 g/mol. The Morgan fingerprint density at radius 3 is 1.65 bits per heavy atom. The van der Waals surface area contributed by atoms with Crippen LogP contribution in [0.4, 0.5) is 0 Å². The Kier molecular flexibility index (Phi) is 11.3. The summed E-state index contributed by atoms with van der Waals surface area (Å²) in [7, 11) is -4.06. The minimum absolute atomic E-state index is 0.156. The summed E-state index contributed by atoms with van der Waals surface area (Å²) in [5.41, 5.74) is 0. The number of ether oxygens (including phenoxy) is 1. The molecule has 7 heteroatoms. The lowest BCUT2D eigenvalue weighted by Crippen LogP contribution is -2.59. The molecule has 0 radical (unpaired) electrons. The predicted octanol–water partition coefficient (Wildman–Crippen LogP) is 4.81. The van der Waals surface area contributed by atoms with Crippen molar-refractivity contribution in [3.63, 3.8) is 0 Å². The normalized spacial score (nSPS) is 19.4. The van der Waals surface area contributed by atoms with Crippen LogP contribution in [0.15, 0.2) is 0 Å². The molecule has 0 aromatic heterocycles. The Hall–Kier alpha value is -0.210. The first-order valence-electron chi connectivity index (χ1n) is 10.3. The molecule has 0 amide bonds. The molecule has 156 valence electrons. The van der Waals surface area contributed by atoms with E-state index in [0.717, 1.165) is 19.3 Å². The molecule has 0 bridgehead atoms. The summed E-state index contributed by atoms with van der Waals surface area (Å²) < 4.78 is 36.6. The van der Waals surface area contributed by atoms with Gasteiger partial charge in [0.15, 0.2) is 0 Å². The van der Waals surface area contributed by atoms with Crippen molar-refractivity contribution < 1.29 is 26.6 Å². The Balaban J connectivity index is 2.07. The highest BCUT2D eigenvalue weighted by Gasteiger charge is 2.57. The van der Waals surface area contributed by atoms with Gasteiger partial charge >= 0.3 is 16.4 Å². The first-order valence-corrected chi connectivity index (χ1v) is 11.7. The number of unbranched alkanes of at least 4 members (excludes halogenated alkanes) is 11. The van der Waals surface area contributed by atoms with E-state index in [1.165, 1.54) is 57.8 Å². The second-order valence-corrected chi connectivity index (χ2v) is 8.71. The Morgan fingerprint density at radius 2 is 1.27 bits per heavy atom. The first-order chi connectivity index (χ1) is 12.3. The fourth-order valence-electron chi connectivity index (χ4n) is 3.24. The van der Waals surface area contributed by atoms with E-state index in [1.807, 2.05) is 13.8 Å². The van der Waals surface area contributed by atoms with Crippen LogP contribution in [-0.4, -0.2) is 31.7 Å². The second kappa shape index (κ2) is 12.3. The second-order valence-electron chi connectivity index (χ2n) is 7.56. The van der Waals surface area contributed by atoms with E-state index >= 15 is 0 Å². The van der Waals surface area contributed by atoms with Gasteiger partial charge in [-0.05, 0) is 20.3 Å². The highest BCUT2D eigenvalue weighted by Crippen LogP contribution is 2.35. The maximum atomic E-state index is 11.0. The largest absolute Gasteiger partial charge is 0.409 e. The minimum Gasteiger partial charge on any atom is -0.367 e. The Labute approximate surface area is 159 Å². The summed E-state index contributed by atoms with van der Waals surface area (Å²) in [6, 6.07) is 0. The zero-order chi connectivity index (χ0) is 19.5. The monoisotopic (exact) mass is 394 g/mol. The number of rotatable bonds is 16. The van der Waals surface area contributed by atoms with Crippen molar-refractivity contribution in [1.29, 1.82) is 0 Å². The lowest BCUT2D eigenvalue weighted by molar-refractivity contribution is -0.376. The summed E-state index contributed by atoms with van der Waals surface area (Å²) in [6.07, 6.45) is 14.4. The van der Waals surface area contributed by atoms with Gasteiger partial charge in [0.2, 0.25) is 0 Å². The molecule has 0 aromatic carbocycles. The molecule has 1 heterocycles. The van der Waals surface area contributed by atoms with E-state index in [2.05, 4.69) is 15.3 Å². The number of hydrogen-bond donors (Lipinski definition) is 1. The molecule has 6 nitrogen and oxygen atoms in total. The van der Waals surface area contributed by atoms with Gasteiger partial charge in [-0.2, -0.15) is 16.8 Å². The summed E-state index contributed by atoms with van der Waals surface area (Å²) in [4.78, 5) is 0. The molecular formula is C19H38O6S. The van der Waals surface area contributed by atoms with E-state index in [-0.39, 0.29) is 6.10 Å².